The van der Waals surface area contributed by atoms with E-state index in [-0.39, 0.29) is 30.7 Å². The van der Waals surface area contributed by atoms with Crippen LogP contribution in [0.1, 0.15) is 22.9 Å². The molecule has 2 heterocycles. The van der Waals surface area contributed by atoms with E-state index in [2.05, 4.69) is 11.9 Å². The number of fused-ring (bicyclic) bond motifs is 1. The molecule has 0 aliphatic carbocycles. The molecule has 0 saturated carbocycles. The zero-order chi connectivity index (χ0) is 15.0. The summed E-state index contributed by atoms with van der Waals surface area (Å²) in [6.45, 7) is 2.11. The molecule has 1 amide bonds. The van der Waals surface area contributed by atoms with E-state index in [9.17, 15) is 9.18 Å². The van der Waals surface area contributed by atoms with Gasteiger partial charge < -0.3 is 4.90 Å². The lowest BCUT2D eigenvalue weighted by atomic mass is 10.0. The monoisotopic (exact) mass is 338 g/mol. The minimum Gasteiger partial charge on any atom is -0.305 e. The molecule has 0 bridgehead atoms. The van der Waals surface area contributed by atoms with Crippen LogP contribution in [0.2, 0.25) is 0 Å². The summed E-state index contributed by atoms with van der Waals surface area (Å²) in [5, 5.41) is 0.844. The highest BCUT2D eigenvalue weighted by atomic mass is 35.5. The fourth-order valence-electron chi connectivity index (χ4n) is 2.36. The number of halogens is 2. The maximum atomic E-state index is 14.1. The molecule has 0 saturated heterocycles. The van der Waals surface area contributed by atoms with Gasteiger partial charge in [0.05, 0.1) is 5.71 Å². The first-order valence-corrected chi connectivity index (χ1v) is 7.62. The summed E-state index contributed by atoms with van der Waals surface area (Å²) in [6, 6.07) is 8.57. The molecule has 1 aliphatic rings. The molecule has 2 aromatic rings. The highest BCUT2D eigenvalue weighted by Gasteiger charge is 2.26. The molecule has 3 nitrogen and oxygen atoms in total. The van der Waals surface area contributed by atoms with E-state index in [1.165, 1.54) is 6.07 Å². The van der Waals surface area contributed by atoms with Gasteiger partial charge in [0.15, 0.2) is 0 Å². The van der Waals surface area contributed by atoms with Gasteiger partial charge in [0.2, 0.25) is 5.91 Å². The van der Waals surface area contributed by atoms with Crippen molar-refractivity contribution in [2.75, 3.05) is 18.5 Å². The predicted octanol–water partition coefficient (Wildman–Crippen LogP) is 3.69. The first kappa shape index (κ1) is 16.6. The van der Waals surface area contributed by atoms with Crippen LogP contribution in [0.5, 0.6) is 0 Å². The first-order chi connectivity index (χ1) is 10.1. The maximum Gasteiger partial charge on any atom is 0.249 e. The topological polar surface area (TPSA) is 32.7 Å². The Hall–Kier alpha value is -1.72. The number of aliphatic imine (C=N–C) groups is 1. The van der Waals surface area contributed by atoms with Crippen molar-refractivity contribution < 1.29 is 9.18 Å². The number of nitrogens with zero attached hydrogens (tertiary/aromatic N) is 2. The Morgan fingerprint density at radius 2 is 2.05 bits per heavy atom. The normalized spacial score (nSPS) is 14.0. The zero-order valence-electron chi connectivity index (χ0n) is 12.3. The highest BCUT2D eigenvalue weighted by molar-refractivity contribution is 7.16. The van der Waals surface area contributed by atoms with E-state index in [1.54, 1.807) is 41.5 Å². The molecule has 0 unspecified atom stereocenters. The Bertz CT molecular complexity index is 741. The molecule has 22 heavy (non-hydrogen) atoms. The molecule has 0 atom stereocenters. The average molecular weight is 339 g/mol. The van der Waals surface area contributed by atoms with Gasteiger partial charge in [-0.25, -0.2) is 4.39 Å². The minimum absolute atomic E-state index is 0. The molecule has 116 valence electrons. The number of benzene rings is 1. The maximum absolute atomic E-state index is 14.1. The van der Waals surface area contributed by atoms with Crippen molar-refractivity contribution in [3.8, 4) is 0 Å². The number of carbonyl (C=O) groups is 1. The Labute approximate surface area is 138 Å². The molecule has 0 fully saturated rings. The highest BCUT2D eigenvalue weighted by Crippen LogP contribution is 2.35. The van der Waals surface area contributed by atoms with Crippen LogP contribution in [0, 0.1) is 5.82 Å². The van der Waals surface area contributed by atoms with Crippen molar-refractivity contribution in [3.63, 3.8) is 0 Å². The third kappa shape index (κ3) is 2.78. The van der Waals surface area contributed by atoms with Gasteiger partial charge in [0.1, 0.15) is 17.4 Å². The van der Waals surface area contributed by atoms with Crippen molar-refractivity contribution in [2.45, 2.75) is 13.3 Å². The Morgan fingerprint density at radius 1 is 1.32 bits per heavy atom. The predicted molar refractivity (Wildman–Crippen MR) is 91.3 cm³/mol. The molecular weight excluding hydrogens is 323 g/mol. The SMILES string of the molecule is CCc1cc2c(s1)N(C)C(=O)CN=C2c1ccccc1F.Cl. The molecule has 3 rings (SSSR count). The number of carbonyl (C=O) groups excluding carboxylic acids is 1. The summed E-state index contributed by atoms with van der Waals surface area (Å²) in [5.41, 5.74) is 1.86. The molecule has 0 spiro atoms. The van der Waals surface area contributed by atoms with Gasteiger partial charge in [0.25, 0.3) is 0 Å². The second-order valence-corrected chi connectivity index (χ2v) is 6.00. The van der Waals surface area contributed by atoms with Crippen LogP contribution in [0.15, 0.2) is 35.3 Å². The lowest BCUT2D eigenvalue weighted by Gasteiger charge is -2.13. The Morgan fingerprint density at radius 3 is 2.73 bits per heavy atom. The third-order valence-corrected chi connectivity index (χ3v) is 4.90. The molecule has 1 aromatic carbocycles. The van der Waals surface area contributed by atoms with E-state index < -0.39 is 0 Å². The van der Waals surface area contributed by atoms with Gasteiger partial charge in [-0.2, -0.15) is 0 Å². The average Bonchev–Trinajstić information content (AvgIpc) is 2.88. The third-order valence-electron chi connectivity index (χ3n) is 3.55. The van der Waals surface area contributed by atoms with E-state index >= 15 is 0 Å². The van der Waals surface area contributed by atoms with Gasteiger partial charge in [-0.3, -0.25) is 9.79 Å². The second-order valence-electron chi connectivity index (χ2n) is 4.88. The van der Waals surface area contributed by atoms with Crippen LogP contribution < -0.4 is 4.90 Å². The van der Waals surface area contributed by atoms with Crippen LogP contribution in [0.25, 0.3) is 0 Å². The number of likely N-dealkylation sites (N-methyl/N-ethyl adjacent to an activating group) is 1. The van der Waals surface area contributed by atoms with Gasteiger partial charge >= 0.3 is 0 Å². The molecule has 0 radical (unpaired) electrons. The Balaban J connectivity index is 0.00000176. The van der Waals surface area contributed by atoms with Crippen LogP contribution in [-0.4, -0.2) is 25.2 Å². The van der Waals surface area contributed by atoms with Crippen molar-refractivity contribution in [1.29, 1.82) is 0 Å². The van der Waals surface area contributed by atoms with Crippen molar-refractivity contribution in [1.82, 2.24) is 0 Å². The van der Waals surface area contributed by atoms with Crippen LogP contribution in [0.3, 0.4) is 0 Å². The number of thiophene rings is 1. The quantitative estimate of drug-likeness (QED) is 0.822. The first-order valence-electron chi connectivity index (χ1n) is 6.80. The smallest absolute Gasteiger partial charge is 0.249 e. The largest absolute Gasteiger partial charge is 0.305 e. The number of hydrogen-bond donors (Lipinski definition) is 0. The van der Waals surface area contributed by atoms with E-state index in [1.807, 2.05) is 6.07 Å². The molecule has 1 aromatic heterocycles. The fourth-order valence-corrected chi connectivity index (χ4v) is 3.43. The Kier molecular flexibility index (Phi) is 4.98. The van der Waals surface area contributed by atoms with E-state index in [0.29, 0.717) is 11.3 Å². The number of aryl methyl sites for hydroxylation is 1. The molecular formula is C16H16ClFN2OS. The summed E-state index contributed by atoms with van der Waals surface area (Å²) >= 11 is 1.57. The number of amides is 1. The van der Waals surface area contributed by atoms with Gasteiger partial charge in [-0.15, -0.1) is 23.7 Å². The second kappa shape index (κ2) is 6.58. The van der Waals surface area contributed by atoms with Gasteiger partial charge in [0, 0.05) is 23.1 Å². The minimum atomic E-state index is -0.316. The van der Waals surface area contributed by atoms with Crippen molar-refractivity contribution in [3.05, 3.63) is 52.2 Å². The summed E-state index contributed by atoms with van der Waals surface area (Å²) in [4.78, 5) is 19.2. The van der Waals surface area contributed by atoms with Crippen LogP contribution in [0.4, 0.5) is 9.39 Å². The van der Waals surface area contributed by atoms with E-state index in [0.717, 1.165) is 21.9 Å². The van der Waals surface area contributed by atoms with Crippen molar-refractivity contribution >= 4 is 40.4 Å². The zero-order valence-corrected chi connectivity index (χ0v) is 13.9. The molecule has 6 heteroatoms. The number of anilines is 1. The van der Waals surface area contributed by atoms with Crippen LogP contribution in [-0.2, 0) is 11.2 Å². The lowest BCUT2D eigenvalue weighted by Crippen LogP contribution is -2.26. The molecule has 1 aliphatic heterocycles. The molecule has 0 N–H and O–H groups in total. The summed E-state index contributed by atoms with van der Waals surface area (Å²) in [5.74, 6) is -0.393. The lowest BCUT2D eigenvalue weighted by molar-refractivity contribution is -0.116. The number of hydrogen-bond acceptors (Lipinski definition) is 3. The van der Waals surface area contributed by atoms with Crippen LogP contribution >= 0.6 is 23.7 Å². The number of rotatable bonds is 2. The standard InChI is InChI=1S/C16H15FN2OS.ClH/c1-3-10-8-12-15(11-6-4-5-7-13(11)17)18-9-14(20)19(2)16(12)21-10;/h4-8H,3,9H2,1-2H3;1H. The van der Waals surface area contributed by atoms with E-state index in [4.69, 9.17) is 0 Å². The van der Waals surface area contributed by atoms with Gasteiger partial charge in [-0.1, -0.05) is 19.1 Å². The van der Waals surface area contributed by atoms with Crippen molar-refractivity contribution in [2.24, 2.45) is 4.99 Å². The fraction of sp³-hybridized carbons (Fsp3) is 0.250. The summed E-state index contributed by atoms with van der Waals surface area (Å²) < 4.78 is 14.1. The summed E-state index contributed by atoms with van der Waals surface area (Å²) in [7, 11) is 1.75. The summed E-state index contributed by atoms with van der Waals surface area (Å²) in [6.07, 6.45) is 0.879. The van der Waals surface area contributed by atoms with Gasteiger partial charge in [-0.05, 0) is 24.6 Å².